The van der Waals surface area contributed by atoms with E-state index in [1.807, 2.05) is 0 Å². The number of anilines is 1. The fraction of sp³-hybridized carbons (Fsp3) is 0.455. The molecule has 0 bridgehead atoms. The summed E-state index contributed by atoms with van der Waals surface area (Å²) >= 11 is 0. The lowest BCUT2D eigenvalue weighted by atomic mass is 9.69. The maximum atomic E-state index is 12.5. The number of benzene rings is 1. The summed E-state index contributed by atoms with van der Waals surface area (Å²) in [6.07, 6.45) is 2.21. The third-order valence-corrected chi connectivity index (χ3v) is 6.38. The normalized spacial score (nSPS) is 22.9. The Morgan fingerprint density at radius 1 is 1.17 bits per heavy atom. The van der Waals surface area contributed by atoms with Gasteiger partial charge in [0.1, 0.15) is 0 Å². The molecule has 7 nitrogen and oxygen atoms in total. The van der Waals surface area contributed by atoms with Gasteiger partial charge in [-0.2, -0.15) is 0 Å². The molecule has 7 heteroatoms. The van der Waals surface area contributed by atoms with Gasteiger partial charge in [0.15, 0.2) is 0 Å². The third kappa shape index (κ3) is 2.91. The van der Waals surface area contributed by atoms with Crippen LogP contribution < -0.4 is 4.90 Å². The van der Waals surface area contributed by atoms with Crippen molar-refractivity contribution >= 4 is 29.6 Å². The largest absolute Gasteiger partial charge is 0.462 e. The molecule has 0 fully saturated rings. The Morgan fingerprint density at radius 3 is 2.21 bits per heavy atom. The van der Waals surface area contributed by atoms with E-state index in [1.165, 1.54) is 16.8 Å². The highest BCUT2D eigenvalue weighted by Gasteiger charge is 2.41. The molecule has 2 amide bonds. The Labute approximate surface area is 170 Å². The Hall–Kier alpha value is -3.14. The van der Waals surface area contributed by atoms with Crippen LogP contribution in [0.25, 0.3) is 10.9 Å². The van der Waals surface area contributed by atoms with Crippen molar-refractivity contribution in [2.24, 2.45) is 5.10 Å². The third-order valence-electron chi connectivity index (χ3n) is 6.38. The molecule has 29 heavy (non-hydrogen) atoms. The predicted molar refractivity (Wildman–Crippen MR) is 111 cm³/mol. The van der Waals surface area contributed by atoms with Crippen molar-refractivity contribution in [1.29, 1.82) is 0 Å². The second-order valence-electron chi connectivity index (χ2n) is 9.21. The number of imide groups is 1. The molecule has 0 saturated heterocycles. The second-order valence-corrected chi connectivity index (χ2v) is 9.21. The number of amidine groups is 1. The van der Waals surface area contributed by atoms with Crippen LogP contribution in [0, 0.1) is 6.57 Å². The zero-order valence-corrected chi connectivity index (χ0v) is 17.1. The second kappa shape index (κ2) is 6.18. The van der Waals surface area contributed by atoms with Gasteiger partial charge < -0.3 is 14.9 Å². The van der Waals surface area contributed by atoms with E-state index < -0.39 is 12.0 Å². The number of nitrogens with zero attached hydrogens (tertiary/aromatic N) is 4. The number of carboxylic acid groups (broad SMARTS) is 1. The Bertz CT molecular complexity index is 1000. The van der Waals surface area contributed by atoms with E-state index in [0.29, 0.717) is 5.01 Å². The number of carbonyl (C=O) groups excluding carboxylic acids is 1. The molecule has 1 N–H and O–H groups in total. The molecule has 0 radical (unpaired) electrons. The number of rotatable bonds is 1. The summed E-state index contributed by atoms with van der Waals surface area (Å²) in [6.45, 7) is 18.3. The molecule has 0 atom stereocenters. The van der Waals surface area contributed by atoms with Gasteiger partial charge in [-0.1, -0.05) is 40.3 Å². The highest BCUT2D eigenvalue weighted by Crippen LogP contribution is 2.49. The quantitative estimate of drug-likeness (QED) is 0.579. The van der Waals surface area contributed by atoms with Crippen LogP contribution in [0.15, 0.2) is 22.8 Å². The zero-order valence-electron chi connectivity index (χ0n) is 17.1. The van der Waals surface area contributed by atoms with Crippen molar-refractivity contribution in [2.45, 2.75) is 51.4 Å². The Balaban J connectivity index is 1.90. The molecule has 3 aliphatic rings. The van der Waals surface area contributed by atoms with Crippen molar-refractivity contribution < 1.29 is 14.7 Å². The molecule has 3 aliphatic heterocycles. The van der Waals surface area contributed by atoms with Crippen LogP contribution in [-0.2, 0) is 15.6 Å². The van der Waals surface area contributed by atoms with Crippen LogP contribution in [0.2, 0.25) is 0 Å². The number of hydrogen-bond donors (Lipinski definition) is 1. The fourth-order valence-corrected chi connectivity index (χ4v) is 4.46. The van der Waals surface area contributed by atoms with Crippen LogP contribution in [0.4, 0.5) is 10.5 Å². The van der Waals surface area contributed by atoms with Crippen molar-refractivity contribution in [2.75, 3.05) is 18.0 Å². The summed E-state index contributed by atoms with van der Waals surface area (Å²) in [5.41, 5.74) is 4.58. The number of carbonyl (C=O) groups is 2. The van der Waals surface area contributed by atoms with E-state index in [1.54, 1.807) is 6.08 Å². The van der Waals surface area contributed by atoms with E-state index in [0.717, 1.165) is 31.5 Å². The van der Waals surface area contributed by atoms with Crippen molar-refractivity contribution in [3.63, 3.8) is 0 Å². The smallest absolute Gasteiger partial charge is 0.453 e. The van der Waals surface area contributed by atoms with E-state index in [2.05, 4.69) is 54.7 Å². The first-order valence-corrected chi connectivity index (χ1v) is 9.75. The van der Waals surface area contributed by atoms with Crippen molar-refractivity contribution in [1.82, 2.24) is 5.01 Å². The van der Waals surface area contributed by atoms with Crippen LogP contribution in [-0.4, -0.2) is 41.0 Å². The van der Waals surface area contributed by atoms with Crippen LogP contribution >= 0.6 is 0 Å². The predicted octanol–water partition coefficient (Wildman–Crippen LogP) is 3.99. The van der Waals surface area contributed by atoms with Gasteiger partial charge in [-0.05, 0) is 62.6 Å². The van der Waals surface area contributed by atoms with E-state index >= 15 is 0 Å². The van der Waals surface area contributed by atoms with Gasteiger partial charge in [0.25, 0.3) is 5.91 Å². The molecular weight excluding hydrogens is 368 g/mol. The lowest BCUT2D eigenvalue weighted by Crippen LogP contribution is -2.44. The Morgan fingerprint density at radius 2 is 1.72 bits per heavy atom. The van der Waals surface area contributed by atoms with E-state index in [4.69, 9.17) is 11.7 Å². The van der Waals surface area contributed by atoms with Crippen molar-refractivity contribution in [3.05, 3.63) is 45.8 Å². The molecule has 3 heterocycles. The van der Waals surface area contributed by atoms with Crippen molar-refractivity contribution in [3.8, 4) is 0 Å². The lowest BCUT2D eigenvalue weighted by Gasteiger charge is -2.48. The molecular formula is C22H24N4O3. The molecule has 0 spiro atoms. The molecule has 4 rings (SSSR count). The number of hydrogen-bond acceptors (Lipinski definition) is 4. The van der Waals surface area contributed by atoms with Crippen LogP contribution in [0.3, 0.4) is 0 Å². The average molecular weight is 392 g/mol. The summed E-state index contributed by atoms with van der Waals surface area (Å²) in [5, 5.41) is 13.1. The summed E-state index contributed by atoms with van der Waals surface area (Å²) in [6, 6.07) is 4.16. The molecule has 150 valence electrons. The van der Waals surface area contributed by atoms with Gasteiger partial charge in [-0.3, -0.25) is 4.79 Å². The zero-order chi connectivity index (χ0) is 21.1. The Kier molecular flexibility index (Phi) is 4.09. The maximum absolute atomic E-state index is 12.5. The van der Waals surface area contributed by atoms with Gasteiger partial charge in [0, 0.05) is 18.8 Å². The highest BCUT2D eigenvalue weighted by molar-refractivity contribution is 6.32. The summed E-state index contributed by atoms with van der Waals surface area (Å²) in [4.78, 5) is 29.4. The van der Waals surface area contributed by atoms with Gasteiger partial charge in [-0.25, -0.2) is 4.79 Å². The number of amides is 2. The molecule has 1 aromatic carbocycles. The first-order chi connectivity index (χ1) is 13.5. The van der Waals surface area contributed by atoms with Gasteiger partial charge in [0.2, 0.25) is 0 Å². The minimum absolute atomic E-state index is 0.00791. The molecule has 0 aliphatic carbocycles. The topological polar surface area (TPSA) is 77.6 Å². The number of hydrazone groups is 1. The summed E-state index contributed by atoms with van der Waals surface area (Å²) in [7, 11) is 0. The minimum atomic E-state index is -1.49. The minimum Gasteiger partial charge on any atom is -0.462 e. The molecule has 0 aromatic heterocycles. The van der Waals surface area contributed by atoms with Gasteiger partial charge >= 0.3 is 11.9 Å². The maximum Gasteiger partial charge on any atom is 0.453 e. The monoisotopic (exact) mass is 392 g/mol. The highest BCUT2D eigenvalue weighted by atomic mass is 16.4. The van der Waals surface area contributed by atoms with Crippen LogP contribution in [0.1, 0.15) is 57.2 Å². The van der Waals surface area contributed by atoms with Gasteiger partial charge in [-0.15, -0.1) is 0 Å². The summed E-state index contributed by atoms with van der Waals surface area (Å²) < 4.78 is 0. The fourth-order valence-electron chi connectivity index (χ4n) is 4.46. The standard InChI is InChI=1S/C22H24N4O3/c1-21(2)6-8-25-9-7-22(3,4)16-12-13(11-15(21)17(16)25)10-14-18(23-5)24-26(19(14)27)20(28)29/h10-12H,6-9H2,1-4H3,(H,28,29)/b14-10-. The first kappa shape index (κ1) is 19.2. The first-order valence-electron chi connectivity index (χ1n) is 9.75. The lowest BCUT2D eigenvalue weighted by molar-refractivity contribution is -0.123. The van der Waals surface area contributed by atoms with E-state index in [9.17, 15) is 9.59 Å². The molecule has 1 aromatic rings. The SMILES string of the molecule is [C-]#[N+]C1=NN(C(=O)O)C(=O)/C1=C\c1cc2c3c(c1)C(C)(C)CCN3CCC2(C)C. The summed E-state index contributed by atoms with van der Waals surface area (Å²) in [5.74, 6) is -0.973. The molecule has 0 saturated carbocycles. The van der Waals surface area contributed by atoms with Gasteiger partial charge in [0.05, 0.1) is 5.57 Å². The van der Waals surface area contributed by atoms with Crippen LogP contribution in [0.5, 0.6) is 0 Å². The van der Waals surface area contributed by atoms with E-state index in [-0.39, 0.29) is 22.2 Å². The molecule has 0 unspecified atom stereocenters. The average Bonchev–Trinajstić information content (AvgIpc) is 2.96.